The third-order valence-electron chi connectivity index (χ3n) is 4.06. The number of nitrogens with zero attached hydrogens (tertiary/aromatic N) is 1. The van der Waals surface area contributed by atoms with Gasteiger partial charge in [0, 0.05) is 6.54 Å². The standard InChI is InChI=1S/C14H29N3O/c1-3-5-12-6-4-9-17(10-7-12)11-8-13(16-2)14(15)18/h12-13,16H,3-11H2,1-2H3,(H2,15,18). The van der Waals surface area contributed by atoms with Crippen molar-refractivity contribution in [3.05, 3.63) is 0 Å². The average Bonchev–Trinajstić information content (AvgIpc) is 2.56. The molecule has 1 rings (SSSR count). The smallest absolute Gasteiger partial charge is 0.234 e. The third kappa shape index (κ3) is 5.36. The van der Waals surface area contributed by atoms with Crippen LogP contribution in [0.4, 0.5) is 0 Å². The van der Waals surface area contributed by atoms with Gasteiger partial charge < -0.3 is 16.0 Å². The molecule has 2 unspecified atom stereocenters. The zero-order valence-corrected chi connectivity index (χ0v) is 12.0. The molecule has 0 spiro atoms. The maximum Gasteiger partial charge on any atom is 0.234 e. The van der Waals surface area contributed by atoms with Crippen molar-refractivity contribution in [1.82, 2.24) is 10.2 Å². The minimum atomic E-state index is -0.240. The highest BCUT2D eigenvalue weighted by atomic mass is 16.1. The van der Waals surface area contributed by atoms with Crippen molar-refractivity contribution in [1.29, 1.82) is 0 Å². The largest absolute Gasteiger partial charge is 0.368 e. The maximum atomic E-state index is 11.1. The van der Waals surface area contributed by atoms with E-state index >= 15 is 0 Å². The number of carbonyl (C=O) groups excluding carboxylic acids is 1. The van der Waals surface area contributed by atoms with Gasteiger partial charge in [0.15, 0.2) is 0 Å². The fourth-order valence-corrected chi connectivity index (χ4v) is 2.89. The molecular formula is C14H29N3O. The molecular weight excluding hydrogens is 226 g/mol. The van der Waals surface area contributed by atoms with Crippen LogP contribution in [0.5, 0.6) is 0 Å². The summed E-state index contributed by atoms with van der Waals surface area (Å²) in [6, 6.07) is -0.181. The molecule has 1 fully saturated rings. The van der Waals surface area contributed by atoms with Crippen LogP contribution in [0.2, 0.25) is 0 Å². The maximum absolute atomic E-state index is 11.1. The van der Waals surface area contributed by atoms with Crippen LogP contribution in [0, 0.1) is 5.92 Å². The summed E-state index contributed by atoms with van der Waals surface area (Å²) in [4.78, 5) is 13.6. The Morgan fingerprint density at radius 1 is 1.44 bits per heavy atom. The first-order chi connectivity index (χ1) is 8.67. The lowest BCUT2D eigenvalue weighted by molar-refractivity contribution is -0.120. The Balaban J connectivity index is 2.28. The van der Waals surface area contributed by atoms with Crippen molar-refractivity contribution in [2.24, 2.45) is 11.7 Å². The van der Waals surface area contributed by atoms with Crippen LogP contribution in [0.3, 0.4) is 0 Å². The molecule has 106 valence electrons. The van der Waals surface area contributed by atoms with Gasteiger partial charge in [0.1, 0.15) is 0 Å². The highest BCUT2D eigenvalue weighted by molar-refractivity contribution is 5.79. The quantitative estimate of drug-likeness (QED) is 0.722. The number of hydrogen-bond donors (Lipinski definition) is 2. The fraction of sp³-hybridized carbons (Fsp3) is 0.929. The monoisotopic (exact) mass is 255 g/mol. The van der Waals surface area contributed by atoms with Crippen LogP contribution < -0.4 is 11.1 Å². The molecule has 0 aliphatic carbocycles. The number of nitrogens with two attached hydrogens (primary N) is 1. The van der Waals surface area contributed by atoms with E-state index in [1.165, 1.54) is 45.2 Å². The molecule has 1 amide bonds. The average molecular weight is 255 g/mol. The van der Waals surface area contributed by atoms with Gasteiger partial charge in [0.2, 0.25) is 5.91 Å². The van der Waals surface area contributed by atoms with Gasteiger partial charge in [0.05, 0.1) is 6.04 Å². The van der Waals surface area contributed by atoms with Crippen LogP contribution in [0.1, 0.15) is 45.4 Å². The molecule has 0 bridgehead atoms. The van der Waals surface area contributed by atoms with Crippen molar-refractivity contribution in [2.45, 2.75) is 51.5 Å². The van der Waals surface area contributed by atoms with Gasteiger partial charge in [-0.25, -0.2) is 0 Å². The predicted octanol–water partition coefficient (Wildman–Crippen LogP) is 1.35. The lowest BCUT2D eigenvalue weighted by atomic mass is 9.96. The minimum absolute atomic E-state index is 0.181. The first-order valence-corrected chi connectivity index (χ1v) is 7.36. The molecule has 3 N–H and O–H groups in total. The number of primary amides is 1. The number of carbonyl (C=O) groups is 1. The van der Waals surface area contributed by atoms with E-state index in [4.69, 9.17) is 5.73 Å². The Morgan fingerprint density at radius 3 is 2.83 bits per heavy atom. The molecule has 4 nitrogen and oxygen atoms in total. The Bertz CT molecular complexity index is 245. The van der Waals surface area contributed by atoms with Crippen molar-refractivity contribution >= 4 is 5.91 Å². The summed E-state index contributed by atoms with van der Waals surface area (Å²) >= 11 is 0. The number of amides is 1. The van der Waals surface area contributed by atoms with E-state index < -0.39 is 0 Å². The molecule has 0 aromatic rings. The van der Waals surface area contributed by atoms with Gasteiger partial charge in [-0.1, -0.05) is 19.8 Å². The second-order valence-electron chi connectivity index (χ2n) is 5.46. The van der Waals surface area contributed by atoms with Gasteiger partial charge >= 0.3 is 0 Å². The van der Waals surface area contributed by atoms with Gasteiger partial charge in [0.25, 0.3) is 0 Å². The summed E-state index contributed by atoms with van der Waals surface area (Å²) in [6.45, 7) is 5.61. The van der Waals surface area contributed by atoms with E-state index in [2.05, 4.69) is 17.1 Å². The normalized spacial score (nSPS) is 23.6. The minimum Gasteiger partial charge on any atom is -0.368 e. The van der Waals surface area contributed by atoms with Gasteiger partial charge in [-0.05, 0) is 51.7 Å². The number of hydrogen-bond acceptors (Lipinski definition) is 3. The molecule has 0 radical (unpaired) electrons. The van der Waals surface area contributed by atoms with E-state index in [0.717, 1.165) is 18.9 Å². The highest BCUT2D eigenvalue weighted by Gasteiger charge is 2.18. The Kier molecular flexibility index (Phi) is 7.28. The van der Waals surface area contributed by atoms with Crippen molar-refractivity contribution in [2.75, 3.05) is 26.7 Å². The Labute approximate surface area is 111 Å². The predicted molar refractivity (Wildman–Crippen MR) is 75.3 cm³/mol. The molecule has 0 aromatic carbocycles. The van der Waals surface area contributed by atoms with E-state index in [9.17, 15) is 4.79 Å². The number of likely N-dealkylation sites (tertiary alicyclic amines) is 1. The van der Waals surface area contributed by atoms with E-state index in [0.29, 0.717) is 0 Å². The summed E-state index contributed by atoms with van der Waals surface area (Å²) in [6.07, 6.45) is 7.47. The topological polar surface area (TPSA) is 58.4 Å². The molecule has 18 heavy (non-hydrogen) atoms. The summed E-state index contributed by atoms with van der Waals surface area (Å²) in [7, 11) is 1.80. The highest BCUT2D eigenvalue weighted by Crippen LogP contribution is 2.21. The molecule has 2 atom stereocenters. The molecule has 0 aromatic heterocycles. The summed E-state index contributed by atoms with van der Waals surface area (Å²) in [5.74, 6) is 0.674. The molecule has 0 saturated carbocycles. The zero-order chi connectivity index (χ0) is 13.4. The number of nitrogens with one attached hydrogen (secondary N) is 1. The van der Waals surface area contributed by atoms with Crippen molar-refractivity contribution < 1.29 is 4.79 Å². The van der Waals surface area contributed by atoms with E-state index in [-0.39, 0.29) is 11.9 Å². The van der Waals surface area contributed by atoms with Crippen LogP contribution in [0.15, 0.2) is 0 Å². The molecule has 1 saturated heterocycles. The second kappa shape index (κ2) is 8.48. The van der Waals surface area contributed by atoms with Gasteiger partial charge in [-0.2, -0.15) is 0 Å². The number of rotatable bonds is 7. The molecule has 1 aliphatic rings. The van der Waals surface area contributed by atoms with Crippen molar-refractivity contribution in [3.8, 4) is 0 Å². The van der Waals surface area contributed by atoms with Gasteiger partial charge in [-0.3, -0.25) is 4.79 Å². The molecule has 1 aliphatic heterocycles. The van der Waals surface area contributed by atoms with Crippen LogP contribution in [-0.2, 0) is 4.79 Å². The van der Waals surface area contributed by atoms with E-state index in [1.54, 1.807) is 7.05 Å². The van der Waals surface area contributed by atoms with Crippen LogP contribution in [-0.4, -0.2) is 43.5 Å². The summed E-state index contributed by atoms with van der Waals surface area (Å²) in [5.41, 5.74) is 5.34. The second-order valence-corrected chi connectivity index (χ2v) is 5.46. The lowest BCUT2D eigenvalue weighted by Gasteiger charge is -2.22. The molecule has 1 heterocycles. The first kappa shape index (κ1) is 15.4. The summed E-state index contributed by atoms with van der Waals surface area (Å²) in [5, 5.41) is 2.98. The van der Waals surface area contributed by atoms with E-state index in [1.807, 2.05) is 0 Å². The van der Waals surface area contributed by atoms with Crippen molar-refractivity contribution in [3.63, 3.8) is 0 Å². The third-order valence-corrected chi connectivity index (χ3v) is 4.06. The number of likely N-dealkylation sites (N-methyl/N-ethyl adjacent to an activating group) is 1. The van der Waals surface area contributed by atoms with Crippen LogP contribution in [0.25, 0.3) is 0 Å². The first-order valence-electron chi connectivity index (χ1n) is 7.36. The Hall–Kier alpha value is -0.610. The van der Waals surface area contributed by atoms with Gasteiger partial charge in [-0.15, -0.1) is 0 Å². The Morgan fingerprint density at radius 2 is 2.22 bits per heavy atom. The van der Waals surface area contributed by atoms with Crippen LogP contribution >= 0.6 is 0 Å². The fourth-order valence-electron chi connectivity index (χ4n) is 2.89. The molecule has 4 heteroatoms. The SMILES string of the molecule is CCCC1CCCN(CCC(NC)C(N)=O)CC1. The lowest BCUT2D eigenvalue weighted by Crippen LogP contribution is -2.42. The summed E-state index contributed by atoms with van der Waals surface area (Å²) < 4.78 is 0. The zero-order valence-electron chi connectivity index (χ0n) is 12.0.